The lowest BCUT2D eigenvalue weighted by Gasteiger charge is -2.22. The number of pyridine rings is 2. The molecule has 4 aromatic heterocycles. The molecule has 13 heteroatoms. The summed E-state index contributed by atoms with van der Waals surface area (Å²) in [6, 6.07) is 13.7. The standard InChI is InChI=1S/C40H33ClF2N6O3S/c1-19-47-48-38(52-19)31-27(16-21-9-8-20-15-23(41)10-11-24(20)21)45-34-28-6-4-14-49(28)39(50)33(34)32(31)30-17-22-12-13-44-37(35(22)53-30)46-36-25-5-3-7-29(51-2)26(25)18-40(36,42)43/h3,5,7,10-13,15,17,21,28,36H,4,6,8-9,14,16,18H2,1-2H3,(H,44,46)/t21-,28?,36+/m1/s1. The van der Waals surface area contributed by atoms with Gasteiger partial charge < -0.3 is 19.4 Å². The van der Waals surface area contributed by atoms with E-state index in [2.05, 4.69) is 26.6 Å². The highest BCUT2D eigenvalue weighted by Gasteiger charge is 2.49. The predicted molar refractivity (Wildman–Crippen MR) is 198 cm³/mol. The molecule has 0 saturated carbocycles. The van der Waals surface area contributed by atoms with Gasteiger partial charge in [0, 0.05) is 47.1 Å². The first-order chi connectivity index (χ1) is 25.7. The molecule has 9 nitrogen and oxygen atoms in total. The number of thiophene rings is 1. The number of fused-ring (bicyclic) bond motifs is 6. The Hall–Kier alpha value is -4.94. The molecule has 0 bridgehead atoms. The van der Waals surface area contributed by atoms with Crippen molar-refractivity contribution in [1.29, 1.82) is 0 Å². The molecule has 1 N–H and O–H groups in total. The van der Waals surface area contributed by atoms with Crippen LogP contribution in [-0.4, -0.2) is 50.5 Å². The molecule has 0 radical (unpaired) electrons. The molecule has 1 fully saturated rings. The molecule has 10 rings (SSSR count). The number of amides is 1. The van der Waals surface area contributed by atoms with Crippen LogP contribution in [0.1, 0.15) is 87.2 Å². The number of benzene rings is 2. The van der Waals surface area contributed by atoms with E-state index >= 15 is 8.78 Å². The zero-order valence-corrected chi connectivity index (χ0v) is 30.5. The second-order valence-electron chi connectivity index (χ2n) is 14.4. The number of nitrogens with zero attached hydrogens (tertiary/aromatic N) is 5. The number of hydrogen-bond donors (Lipinski definition) is 1. The van der Waals surface area contributed by atoms with Crippen molar-refractivity contribution in [2.45, 2.75) is 69.4 Å². The van der Waals surface area contributed by atoms with Gasteiger partial charge in [-0.1, -0.05) is 29.8 Å². The second kappa shape index (κ2) is 12.0. The van der Waals surface area contributed by atoms with Crippen LogP contribution in [0.3, 0.4) is 0 Å². The number of hydrogen-bond acceptors (Lipinski definition) is 9. The van der Waals surface area contributed by atoms with Gasteiger partial charge in [-0.25, -0.2) is 13.8 Å². The van der Waals surface area contributed by atoms with Gasteiger partial charge in [-0.3, -0.25) is 9.78 Å². The number of halogens is 3. The molecular formula is C40H33ClF2N6O3S. The number of anilines is 1. The van der Waals surface area contributed by atoms with Gasteiger partial charge in [0.05, 0.1) is 40.4 Å². The summed E-state index contributed by atoms with van der Waals surface area (Å²) in [4.78, 5) is 27.0. The Bertz CT molecular complexity index is 2500. The third kappa shape index (κ3) is 5.09. The van der Waals surface area contributed by atoms with Gasteiger partial charge in [0.2, 0.25) is 11.8 Å². The molecule has 0 spiro atoms. The summed E-state index contributed by atoms with van der Waals surface area (Å²) in [6.45, 7) is 2.40. The van der Waals surface area contributed by atoms with E-state index in [1.54, 1.807) is 31.3 Å². The van der Waals surface area contributed by atoms with E-state index in [0.29, 0.717) is 68.8 Å². The average Bonchev–Trinajstić information content (AvgIpc) is 3.99. The summed E-state index contributed by atoms with van der Waals surface area (Å²) in [6.07, 6.45) is 5.38. The monoisotopic (exact) mass is 750 g/mol. The highest BCUT2D eigenvalue weighted by molar-refractivity contribution is 7.23. The molecule has 6 aromatic rings. The molecule has 1 unspecified atom stereocenters. The Morgan fingerprint density at radius 3 is 2.81 bits per heavy atom. The predicted octanol–water partition coefficient (Wildman–Crippen LogP) is 9.29. The number of methoxy groups -OCH3 is 1. The molecule has 1 saturated heterocycles. The van der Waals surface area contributed by atoms with Gasteiger partial charge in [-0.05, 0) is 90.4 Å². The summed E-state index contributed by atoms with van der Waals surface area (Å²) in [5.74, 6) is -1.50. The van der Waals surface area contributed by atoms with Crippen LogP contribution in [0.15, 0.2) is 59.1 Å². The summed E-state index contributed by atoms with van der Waals surface area (Å²) in [5.41, 5.74) is 6.90. The zero-order valence-electron chi connectivity index (χ0n) is 28.9. The summed E-state index contributed by atoms with van der Waals surface area (Å²) < 4.78 is 43.7. The molecule has 3 atom stereocenters. The Morgan fingerprint density at radius 1 is 1.09 bits per heavy atom. The number of aryl methyl sites for hydroxylation is 2. The van der Waals surface area contributed by atoms with Gasteiger partial charge in [0.15, 0.2) is 0 Å². The van der Waals surface area contributed by atoms with Crippen molar-refractivity contribution in [3.63, 3.8) is 0 Å². The van der Waals surface area contributed by atoms with Crippen molar-refractivity contribution in [3.8, 4) is 27.6 Å². The maximum Gasteiger partial charge on any atom is 0.276 e. The number of alkyl halides is 2. The number of carbonyl (C=O) groups excluding carboxylic acids is 1. The van der Waals surface area contributed by atoms with Crippen LogP contribution >= 0.6 is 22.9 Å². The van der Waals surface area contributed by atoms with Crippen molar-refractivity contribution in [2.24, 2.45) is 0 Å². The highest BCUT2D eigenvalue weighted by Crippen LogP contribution is 2.53. The molecule has 1 amide bonds. The van der Waals surface area contributed by atoms with Gasteiger partial charge in [0.25, 0.3) is 11.8 Å². The maximum atomic E-state index is 15.7. The van der Waals surface area contributed by atoms with Gasteiger partial charge in [-0.15, -0.1) is 21.5 Å². The second-order valence-corrected chi connectivity index (χ2v) is 15.9. The van der Waals surface area contributed by atoms with Crippen LogP contribution in [0.5, 0.6) is 5.75 Å². The number of rotatable bonds is 7. The average molecular weight is 751 g/mol. The van der Waals surface area contributed by atoms with Crippen molar-refractivity contribution in [1.82, 2.24) is 25.1 Å². The molecule has 268 valence electrons. The Morgan fingerprint density at radius 2 is 1.98 bits per heavy atom. The SMILES string of the molecule is COc1cccc2c1CC(F)(F)[C@H]2Nc1nccc2cc(-c3c4c(nc(C[C@H]5CCc6cc(Cl)ccc65)c3-c3nnc(C)o3)C3CCCN3C4=O)sc12. The molecular weight excluding hydrogens is 718 g/mol. The lowest BCUT2D eigenvalue weighted by atomic mass is 9.89. The number of aromatic nitrogens is 4. The topological polar surface area (TPSA) is 106 Å². The number of ether oxygens (including phenoxy) is 1. The van der Waals surface area contributed by atoms with Crippen LogP contribution in [0, 0.1) is 6.92 Å². The van der Waals surface area contributed by atoms with E-state index in [-0.39, 0.29) is 17.9 Å². The van der Waals surface area contributed by atoms with Crippen molar-refractivity contribution < 1.29 is 22.7 Å². The van der Waals surface area contributed by atoms with Crippen molar-refractivity contribution >= 4 is 44.7 Å². The minimum Gasteiger partial charge on any atom is -0.496 e. The molecule has 2 aromatic carbocycles. The lowest BCUT2D eigenvalue weighted by Crippen LogP contribution is -2.28. The molecule has 53 heavy (non-hydrogen) atoms. The quantitative estimate of drug-likeness (QED) is 0.172. The normalized spacial score (nSPS) is 20.9. The van der Waals surface area contributed by atoms with Crippen molar-refractivity contribution in [3.05, 3.63) is 105 Å². The summed E-state index contributed by atoms with van der Waals surface area (Å²) >= 11 is 7.78. The third-order valence-electron chi connectivity index (χ3n) is 11.3. The van der Waals surface area contributed by atoms with E-state index in [1.165, 1.54) is 29.6 Å². The lowest BCUT2D eigenvalue weighted by molar-refractivity contribution is -0.00734. The first-order valence-electron chi connectivity index (χ1n) is 17.8. The summed E-state index contributed by atoms with van der Waals surface area (Å²) in [5, 5.41) is 13.3. The van der Waals surface area contributed by atoms with Crippen LogP contribution in [0.2, 0.25) is 5.02 Å². The Kier molecular flexibility index (Phi) is 7.43. The minimum atomic E-state index is -3.08. The Labute approximate surface area is 312 Å². The first-order valence-corrected chi connectivity index (χ1v) is 19.0. The van der Waals surface area contributed by atoms with Crippen molar-refractivity contribution in [2.75, 3.05) is 19.0 Å². The van der Waals surface area contributed by atoms with E-state index in [9.17, 15) is 4.79 Å². The van der Waals surface area contributed by atoms with Crippen LogP contribution in [-0.2, 0) is 19.3 Å². The molecule has 4 aliphatic rings. The third-order valence-corrected chi connectivity index (χ3v) is 12.7. The van der Waals surface area contributed by atoms with Gasteiger partial charge >= 0.3 is 0 Å². The number of carbonyl (C=O) groups is 1. The Balaban J connectivity index is 1.15. The smallest absolute Gasteiger partial charge is 0.276 e. The van der Waals surface area contributed by atoms with E-state index in [4.69, 9.17) is 25.7 Å². The van der Waals surface area contributed by atoms with Crippen LogP contribution in [0.25, 0.3) is 32.0 Å². The fourth-order valence-corrected chi connectivity index (χ4v) is 10.4. The van der Waals surface area contributed by atoms with Gasteiger partial charge in [-0.2, -0.15) is 0 Å². The van der Waals surface area contributed by atoms with Gasteiger partial charge in [0.1, 0.15) is 17.6 Å². The fourth-order valence-electron chi connectivity index (χ4n) is 9.00. The summed E-state index contributed by atoms with van der Waals surface area (Å²) in [7, 11) is 1.49. The molecule has 2 aliphatic heterocycles. The molecule has 2 aliphatic carbocycles. The molecule has 6 heterocycles. The minimum absolute atomic E-state index is 0.0695. The van der Waals surface area contributed by atoms with Crippen LogP contribution in [0.4, 0.5) is 14.6 Å². The maximum absolute atomic E-state index is 15.7. The number of nitrogens with one attached hydrogen (secondary N) is 1. The largest absolute Gasteiger partial charge is 0.496 e. The first kappa shape index (κ1) is 32.7. The highest BCUT2D eigenvalue weighted by atomic mass is 35.5. The fraction of sp³-hybridized carbons (Fsp3) is 0.325. The van der Waals surface area contributed by atoms with Crippen LogP contribution < -0.4 is 10.1 Å². The zero-order chi connectivity index (χ0) is 36.2. The van der Waals surface area contributed by atoms with E-state index in [1.807, 2.05) is 29.2 Å². The van der Waals surface area contributed by atoms with E-state index < -0.39 is 18.4 Å². The van der Waals surface area contributed by atoms with E-state index in [0.717, 1.165) is 52.4 Å².